The zero-order valence-corrected chi connectivity index (χ0v) is 21.7. The van der Waals surface area contributed by atoms with Crippen LogP contribution in [0.15, 0.2) is 66.9 Å². The number of rotatable bonds is 9. The summed E-state index contributed by atoms with van der Waals surface area (Å²) in [6.45, 7) is 3.27. The summed E-state index contributed by atoms with van der Waals surface area (Å²) in [5.41, 5.74) is 0.845. The number of hydrogen-bond donors (Lipinski definition) is 3. The molecule has 0 spiro atoms. The molecule has 3 N–H and O–H groups in total. The van der Waals surface area contributed by atoms with Crippen LogP contribution in [0.1, 0.15) is 36.9 Å². The van der Waals surface area contributed by atoms with Crippen molar-refractivity contribution < 1.29 is 47.8 Å². The predicted molar refractivity (Wildman–Crippen MR) is 135 cm³/mol. The minimum atomic E-state index is -5.18. The molecule has 1 aliphatic rings. The van der Waals surface area contributed by atoms with E-state index in [1.54, 1.807) is 47.2 Å². The van der Waals surface area contributed by atoms with Gasteiger partial charge in [-0.3, -0.25) is 9.32 Å². The van der Waals surface area contributed by atoms with Crippen LogP contribution in [-0.4, -0.2) is 62.4 Å². The molecule has 0 aliphatic carbocycles. The number of ether oxygens (including phenoxy) is 3. The lowest BCUT2D eigenvalue weighted by Gasteiger charge is -2.44. The molecule has 1 saturated heterocycles. The fraction of sp³-hybridized carbons (Fsp3) is 0.385. The first-order valence-corrected chi connectivity index (χ1v) is 13.6. The number of para-hydroxylation sites is 1. The van der Waals surface area contributed by atoms with E-state index in [1.165, 1.54) is 12.1 Å². The van der Waals surface area contributed by atoms with Crippen LogP contribution >= 0.6 is 7.82 Å². The first kappa shape index (κ1) is 28.0. The maximum Gasteiger partial charge on any atom is 0.470 e. The Labute approximate surface area is 219 Å². The number of phosphoric ester groups is 1. The van der Waals surface area contributed by atoms with Crippen molar-refractivity contribution in [2.24, 2.45) is 5.92 Å². The molecule has 5 atom stereocenters. The molecule has 204 valence electrons. The number of phosphoric acid groups is 1. The Hall–Kier alpha value is -3.05. The molecule has 0 amide bonds. The molecule has 0 bridgehead atoms. The number of carbonyl (C=O) groups excluding carboxylic acids is 2. The molecule has 1 aliphatic heterocycles. The van der Waals surface area contributed by atoms with Crippen molar-refractivity contribution in [3.8, 4) is 0 Å². The van der Waals surface area contributed by atoms with E-state index in [1.807, 2.05) is 26.0 Å². The zero-order valence-electron chi connectivity index (χ0n) is 20.8. The Bertz CT molecular complexity index is 1300. The summed E-state index contributed by atoms with van der Waals surface area (Å²) in [4.78, 5) is 44.5. The lowest BCUT2D eigenvalue weighted by atomic mass is 9.97. The van der Waals surface area contributed by atoms with Gasteiger partial charge in [-0.1, -0.05) is 50.2 Å². The third-order valence-corrected chi connectivity index (χ3v) is 6.55. The lowest BCUT2D eigenvalue weighted by Crippen LogP contribution is -2.58. The van der Waals surface area contributed by atoms with E-state index in [2.05, 4.69) is 0 Å². The Balaban J connectivity index is 1.72. The average Bonchev–Trinajstić information content (AvgIpc) is 3.29. The number of aliphatic hydroxyl groups is 1. The fourth-order valence-corrected chi connectivity index (χ4v) is 4.89. The van der Waals surface area contributed by atoms with Crippen LogP contribution in [0, 0.1) is 5.92 Å². The quantitative estimate of drug-likeness (QED) is 0.269. The largest absolute Gasteiger partial charge is 0.470 e. The van der Waals surface area contributed by atoms with Crippen molar-refractivity contribution in [2.45, 2.75) is 50.9 Å². The summed E-state index contributed by atoms with van der Waals surface area (Å²) in [6.07, 6.45) is -5.60. The van der Waals surface area contributed by atoms with Crippen LogP contribution in [0.25, 0.3) is 10.9 Å². The fourth-order valence-electron chi connectivity index (χ4n) is 4.33. The van der Waals surface area contributed by atoms with Crippen LogP contribution in [0.5, 0.6) is 0 Å². The van der Waals surface area contributed by atoms with E-state index in [0.717, 1.165) is 5.39 Å². The van der Waals surface area contributed by atoms with E-state index in [4.69, 9.17) is 18.7 Å². The molecule has 3 aromatic rings. The molecular weight excluding hydrogens is 517 g/mol. The van der Waals surface area contributed by atoms with Gasteiger partial charge in [-0.15, -0.1) is 0 Å². The standard InChI is InChI=1S/C26H30NO10P/c1-16(2)14-21(28)34-15-20-22(29)23(37-38(31,32)33)24(36-26(30)18-9-4-3-5-10-18)25(35-20)27-13-12-17-8-6-7-11-19(17)27/h3-13,16,20,22-25,29H,14-15H2,1-2H3,(H2,31,32,33)/t20-,22-,23+,24-,25-/m1/s1. The van der Waals surface area contributed by atoms with Gasteiger partial charge in [-0.25, -0.2) is 9.36 Å². The number of nitrogens with zero attached hydrogens (tertiary/aromatic N) is 1. The smallest absolute Gasteiger partial charge is 0.463 e. The second kappa shape index (κ2) is 11.8. The topological polar surface area (TPSA) is 154 Å². The van der Waals surface area contributed by atoms with Gasteiger partial charge in [0.15, 0.2) is 12.3 Å². The van der Waals surface area contributed by atoms with E-state index < -0.39 is 57.0 Å². The molecular formula is C26H30NO10P. The zero-order chi connectivity index (χ0) is 27.4. The highest BCUT2D eigenvalue weighted by Gasteiger charge is 2.51. The average molecular weight is 547 g/mol. The SMILES string of the molecule is CC(C)CC(=O)OC[C@H]1O[C@@H](n2ccc3ccccc32)[C@H](OC(=O)c2ccccc2)[C@@H](OP(=O)(O)O)[C@@H]1O. The molecule has 2 heterocycles. The van der Waals surface area contributed by atoms with Crippen molar-refractivity contribution in [3.63, 3.8) is 0 Å². The van der Waals surface area contributed by atoms with Crippen molar-refractivity contribution in [2.75, 3.05) is 6.61 Å². The first-order chi connectivity index (χ1) is 18.0. The van der Waals surface area contributed by atoms with Crippen LogP contribution in [0.2, 0.25) is 0 Å². The Morgan fingerprint density at radius 2 is 1.71 bits per heavy atom. The number of esters is 2. The van der Waals surface area contributed by atoms with Crippen molar-refractivity contribution in [3.05, 3.63) is 72.4 Å². The van der Waals surface area contributed by atoms with Gasteiger partial charge < -0.3 is 33.7 Å². The monoisotopic (exact) mass is 547 g/mol. The van der Waals surface area contributed by atoms with Gasteiger partial charge in [0.05, 0.1) is 11.1 Å². The summed E-state index contributed by atoms with van der Waals surface area (Å²) in [5, 5.41) is 11.9. The molecule has 0 radical (unpaired) electrons. The predicted octanol–water partition coefficient (Wildman–Crippen LogP) is 3.19. The van der Waals surface area contributed by atoms with E-state index in [9.17, 15) is 29.0 Å². The minimum Gasteiger partial charge on any atom is -0.463 e. The molecule has 38 heavy (non-hydrogen) atoms. The molecule has 0 saturated carbocycles. The highest BCUT2D eigenvalue weighted by Crippen LogP contribution is 2.44. The summed E-state index contributed by atoms with van der Waals surface area (Å²) in [5.74, 6) is -1.30. The van der Waals surface area contributed by atoms with Crippen molar-refractivity contribution in [1.82, 2.24) is 4.57 Å². The van der Waals surface area contributed by atoms with E-state index in [-0.39, 0.29) is 17.9 Å². The highest BCUT2D eigenvalue weighted by molar-refractivity contribution is 7.46. The van der Waals surface area contributed by atoms with Crippen LogP contribution in [0.3, 0.4) is 0 Å². The van der Waals surface area contributed by atoms with Gasteiger partial charge in [0, 0.05) is 12.6 Å². The second-order valence-electron chi connectivity index (χ2n) is 9.42. The lowest BCUT2D eigenvalue weighted by molar-refractivity contribution is -0.248. The maximum atomic E-state index is 13.0. The third-order valence-electron chi connectivity index (χ3n) is 6.04. The number of aromatic nitrogens is 1. The van der Waals surface area contributed by atoms with Crippen molar-refractivity contribution in [1.29, 1.82) is 0 Å². The van der Waals surface area contributed by atoms with Gasteiger partial charge in [-0.05, 0) is 35.6 Å². The van der Waals surface area contributed by atoms with Gasteiger partial charge in [0.25, 0.3) is 0 Å². The minimum absolute atomic E-state index is 0.0335. The molecule has 11 nitrogen and oxygen atoms in total. The normalized spacial score (nSPS) is 23.9. The number of benzene rings is 2. The molecule has 1 fully saturated rings. The molecule has 2 aromatic carbocycles. The Morgan fingerprint density at radius 1 is 1.03 bits per heavy atom. The second-order valence-corrected chi connectivity index (χ2v) is 10.6. The van der Waals surface area contributed by atoms with Gasteiger partial charge in [0.2, 0.25) is 0 Å². The summed E-state index contributed by atoms with van der Waals surface area (Å²) in [7, 11) is -5.18. The first-order valence-electron chi connectivity index (χ1n) is 12.1. The molecule has 4 rings (SSSR count). The van der Waals surface area contributed by atoms with E-state index in [0.29, 0.717) is 5.52 Å². The number of hydrogen-bond acceptors (Lipinski definition) is 8. The third kappa shape index (κ3) is 6.68. The van der Waals surface area contributed by atoms with Crippen molar-refractivity contribution >= 4 is 30.7 Å². The van der Waals surface area contributed by atoms with Gasteiger partial charge >= 0.3 is 19.8 Å². The maximum absolute atomic E-state index is 13.0. The highest BCUT2D eigenvalue weighted by atomic mass is 31.2. The summed E-state index contributed by atoms with van der Waals surface area (Å²) in [6, 6.07) is 17.0. The summed E-state index contributed by atoms with van der Waals surface area (Å²) >= 11 is 0. The van der Waals surface area contributed by atoms with Gasteiger partial charge in [-0.2, -0.15) is 0 Å². The molecule has 0 unspecified atom stereocenters. The Kier molecular flexibility index (Phi) is 8.67. The number of aliphatic hydroxyl groups excluding tert-OH is 1. The van der Waals surface area contributed by atoms with E-state index >= 15 is 0 Å². The molecule has 12 heteroatoms. The number of fused-ring (bicyclic) bond motifs is 1. The molecule has 1 aromatic heterocycles. The summed E-state index contributed by atoms with van der Waals surface area (Å²) < 4.78 is 35.6. The van der Waals surface area contributed by atoms with Crippen LogP contribution < -0.4 is 0 Å². The van der Waals surface area contributed by atoms with Gasteiger partial charge in [0.1, 0.15) is 24.9 Å². The number of carbonyl (C=O) groups is 2. The van der Waals surface area contributed by atoms with Crippen LogP contribution in [0.4, 0.5) is 0 Å². The van der Waals surface area contributed by atoms with Crippen LogP contribution in [-0.2, 0) is 28.1 Å². The Morgan fingerprint density at radius 3 is 2.39 bits per heavy atom.